The van der Waals surface area contributed by atoms with Crippen molar-refractivity contribution >= 4 is 0 Å². The molecule has 3 atom stereocenters. The highest BCUT2D eigenvalue weighted by atomic mass is 19.4. The van der Waals surface area contributed by atoms with E-state index in [0.29, 0.717) is 32.1 Å². The molecule has 1 N–H and O–H groups in total. The molecule has 0 bridgehead atoms. The summed E-state index contributed by atoms with van der Waals surface area (Å²) in [6.45, 7) is 5.89. The van der Waals surface area contributed by atoms with E-state index in [-0.39, 0.29) is 19.0 Å². The van der Waals surface area contributed by atoms with Crippen molar-refractivity contribution < 1.29 is 17.9 Å². The predicted octanol–water partition coefficient (Wildman–Crippen LogP) is 1.89. The summed E-state index contributed by atoms with van der Waals surface area (Å²) < 4.78 is 43.7. The molecule has 0 aromatic rings. The van der Waals surface area contributed by atoms with E-state index in [0.717, 1.165) is 13.1 Å². The quantitative estimate of drug-likeness (QED) is 0.851. The molecule has 2 rings (SSSR count). The molecular formula is C13H23F3N2O. The Morgan fingerprint density at radius 3 is 2.79 bits per heavy atom. The maximum absolute atomic E-state index is 12.8. The SMILES string of the molecule is CCNC1COCC1CN1CCCC(C(F)(F)F)C1. The summed E-state index contributed by atoms with van der Waals surface area (Å²) in [5.74, 6) is -0.840. The average Bonchev–Trinajstić information content (AvgIpc) is 2.77. The second kappa shape index (κ2) is 6.41. The third kappa shape index (κ3) is 4.07. The third-order valence-electron chi connectivity index (χ3n) is 4.13. The van der Waals surface area contributed by atoms with Crippen LogP contribution in [0.2, 0.25) is 0 Å². The number of ether oxygens (including phenoxy) is 1. The Balaban J connectivity index is 1.85. The number of likely N-dealkylation sites (N-methyl/N-ethyl adjacent to an activating group) is 1. The summed E-state index contributed by atoms with van der Waals surface area (Å²) >= 11 is 0. The van der Waals surface area contributed by atoms with E-state index in [1.807, 2.05) is 11.8 Å². The van der Waals surface area contributed by atoms with Gasteiger partial charge in [0.2, 0.25) is 0 Å². The highest BCUT2D eigenvalue weighted by molar-refractivity contribution is 4.86. The molecule has 0 aromatic heterocycles. The second-order valence-electron chi connectivity index (χ2n) is 5.60. The molecular weight excluding hydrogens is 257 g/mol. The molecule has 0 amide bonds. The summed E-state index contributed by atoms with van der Waals surface area (Å²) in [4.78, 5) is 1.96. The molecule has 112 valence electrons. The average molecular weight is 280 g/mol. The molecule has 0 radical (unpaired) electrons. The first-order valence-corrected chi connectivity index (χ1v) is 7.11. The van der Waals surface area contributed by atoms with Gasteiger partial charge in [0, 0.05) is 25.0 Å². The van der Waals surface area contributed by atoms with Crippen molar-refractivity contribution in [3.63, 3.8) is 0 Å². The Kier molecular flexibility index (Phi) is 5.09. The van der Waals surface area contributed by atoms with E-state index in [9.17, 15) is 13.2 Å². The van der Waals surface area contributed by atoms with Gasteiger partial charge in [-0.2, -0.15) is 13.2 Å². The lowest BCUT2D eigenvalue weighted by Crippen LogP contribution is -2.47. The predicted molar refractivity (Wildman–Crippen MR) is 67.0 cm³/mol. The van der Waals surface area contributed by atoms with Crippen molar-refractivity contribution in [2.24, 2.45) is 11.8 Å². The number of nitrogens with zero attached hydrogens (tertiary/aromatic N) is 1. The second-order valence-corrected chi connectivity index (χ2v) is 5.60. The van der Waals surface area contributed by atoms with E-state index < -0.39 is 12.1 Å². The topological polar surface area (TPSA) is 24.5 Å². The van der Waals surface area contributed by atoms with Crippen LogP contribution in [0, 0.1) is 11.8 Å². The van der Waals surface area contributed by atoms with Crippen LogP contribution in [0.1, 0.15) is 19.8 Å². The smallest absolute Gasteiger partial charge is 0.379 e. The number of alkyl halides is 3. The highest BCUT2D eigenvalue weighted by Crippen LogP contribution is 2.33. The van der Waals surface area contributed by atoms with Crippen LogP contribution in [0.15, 0.2) is 0 Å². The zero-order valence-corrected chi connectivity index (χ0v) is 11.4. The van der Waals surface area contributed by atoms with E-state index in [1.165, 1.54) is 0 Å². The van der Waals surface area contributed by atoms with E-state index >= 15 is 0 Å². The molecule has 19 heavy (non-hydrogen) atoms. The van der Waals surface area contributed by atoms with Crippen molar-refractivity contribution in [1.82, 2.24) is 10.2 Å². The summed E-state index contributed by atoms with van der Waals surface area (Å²) in [5.41, 5.74) is 0. The lowest BCUT2D eigenvalue weighted by atomic mass is 9.95. The van der Waals surface area contributed by atoms with Crippen LogP contribution in [0.25, 0.3) is 0 Å². The molecule has 0 spiro atoms. The number of hydrogen-bond donors (Lipinski definition) is 1. The van der Waals surface area contributed by atoms with Crippen LogP contribution in [0.3, 0.4) is 0 Å². The monoisotopic (exact) mass is 280 g/mol. The van der Waals surface area contributed by atoms with Crippen molar-refractivity contribution in [2.45, 2.75) is 32.0 Å². The fraction of sp³-hybridized carbons (Fsp3) is 1.00. The lowest BCUT2D eigenvalue weighted by molar-refractivity contribution is -0.187. The molecule has 2 heterocycles. The fourth-order valence-electron chi connectivity index (χ4n) is 3.09. The van der Waals surface area contributed by atoms with Gasteiger partial charge in [-0.25, -0.2) is 0 Å². The van der Waals surface area contributed by atoms with Gasteiger partial charge in [0.15, 0.2) is 0 Å². The van der Waals surface area contributed by atoms with Crippen LogP contribution in [-0.2, 0) is 4.74 Å². The molecule has 2 aliphatic heterocycles. The molecule has 0 aliphatic carbocycles. The number of nitrogens with one attached hydrogen (secondary N) is 1. The van der Waals surface area contributed by atoms with Gasteiger partial charge in [0.25, 0.3) is 0 Å². The first-order chi connectivity index (χ1) is 9.00. The maximum Gasteiger partial charge on any atom is 0.393 e. The van der Waals surface area contributed by atoms with Gasteiger partial charge in [-0.05, 0) is 25.9 Å². The minimum Gasteiger partial charge on any atom is -0.379 e. The molecule has 3 unspecified atom stereocenters. The zero-order chi connectivity index (χ0) is 13.9. The van der Waals surface area contributed by atoms with Gasteiger partial charge in [-0.15, -0.1) is 0 Å². The fourth-order valence-corrected chi connectivity index (χ4v) is 3.09. The van der Waals surface area contributed by atoms with Gasteiger partial charge in [-0.1, -0.05) is 6.92 Å². The van der Waals surface area contributed by atoms with E-state index in [4.69, 9.17) is 4.74 Å². The van der Waals surface area contributed by atoms with Crippen molar-refractivity contribution in [3.8, 4) is 0 Å². The van der Waals surface area contributed by atoms with Crippen LogP contribution in [0.4, 0.5) is 13.2 Å². The number of hydrogen-bond acceptors (Lipinski definition) is 3. The summed E-state index contributed by atoms with van der Waals surface area (Å²) in [6.07, 6.45) is -3.13. The highest BCUT2D eigenvalue weighted by Gasteiger charge is 2.42. The number of rotatable bonds is 4. The Morgan fingerprint density at radius 2 is 2.11 bits per heavy atom. The third-order valence-corrected chi connectivity index (χ3v) is 4.13. The number of piperidine rings is 1. The number of likely N-dealkylation sites (tertiary alicyclic amines) is 1. The largest absolute Gasteiger partial charge is 0.393 e. The first-order valence-electron chi connectivity index (χ1n) is 7.11. The van der Waals surface area contributed by atoms with Crippen LogP contribution >= 0.6 is 0 Å². The molecule has 0 aromatic carbocycles. The summed E-state index contributed by atoms with van der Waals surface area (Å²) in [6, 6.07) is 0.288. The molecule has 3 nitrogen and oxygen atoms in total. The summed E-state index contributed by atoms with van der Waals surface area (Å²) in [7, 11) is 0. The number of halogens is 3. The molecule has 2 fully saturated rings. The Morgan fingerprint density at radius 1 is 1.32 bits per heavy atom. The minimum absolute atomic E-state index is 0.152. The molecule has 2 aliphatic rings. The maximum atomic E-state index is 12.8. The van der Waals surface area contributed by atoms with Gasteiger partial charge >= 0.3 is 6.18 Å². The molecule has 2 saturated heterocycles. The van der Waals surface area contributed by atoms with E-state index in [2.05, 4.69) is 5.32 Å². The Labute approximate surface area is 112 Å². The van der Waals surface area contributed by atoms with Gasteiger partial charge in [-0.3, -0.25) is 0 Å². The van der Waals surface area contributed by atoms with Crippen molar-refractivity contribution in [2.75, 3.05) is 39.4 Å². The molecule has 6 heteroatoms. The van der Waals surface area contributed by atoms with Crippen LogP contribution in [0.5, 0.6) is 0 Å². The Hall–Kier alpha value is -0.330. The molecule has 0 saturated carbocycles. The van der Waals surface area contributed by atoms with Gasteiger partial charge in [0.05, 0.1) is 19.1 Å². The standard InChI is InChI=1S/C13H23F3N2O/c1-2-17-12-9-19-8-10(12)6-18-5-3-4-11(7-18)13(14,15)16/h10-12,17H,2-9H2,1H3. The van der Waals surface area contributed by atoms with E-state index in [1.54, 1.807) is 0 Å². The van der Waals surface area contributed by atoms with Gasteiger partial charge in [0.1, 0.15) is 0 Å². The Bertz CT molecular complexity index is 286. The minimum atomic E-state index is -4.05. The zero-order valence-electron chi connectivity index (χ0n) is 11.4. The summed E-state index contributed by atoms with van der Waals surface area (Å²) in [5, 5.41) is 3.35. The van der Waals surface area contributed by atoms with Crippen molar-refractivity contribution in [1.29, 1.82) is 0 Å². The van der Waals surface area contributed by atoms with Crippen LogP contribution < -0.4 is 5.32 Å². The lowest BCUT2D eigenvalue weighted by Gasteiger charge is -2.35. The van der Waals surface area contributed by atoms with Crippen molar-refractivity contribution in [3.05, 3.63) is 0 Å². The van der Waals surface area contributed by atoms with Gasteiger partial charge < -0.3 is 15.0 Å². The first kappa shape index (κ1) is 15.1. The van der Waals surface area contributed by atoms with Crippen LogP contribution in [-0.4, -0.2) is 56.5 Å². The normalized spacial score (nSPS) is 33.8.